The van der Waals surface area contributed by atoms with E-state index in [1.54, 1.807) is 19.1 Å². The maximum absolute atomic E-state index is 12.2. The number of carbonyl (C=O) groups excluding carboxylic acids is 1. The molecule has 7 heteroatoms. The molecule has 0 fully saturated rings. The van der Waals surface area contributed by atoms with Crippen LogP contribution in [0.1, 0.15) is 12.6 Å². The van der Waals surface area contributed by atoms with Gasteiger partial charge in [-0.3, -0.25) is 14.5 Å². The first-order valence-corrected chi connectivity index (χ1v) is 7.68. The molecule has 1 aromatic carbocycles. The molecular formula is C14H15N3O3S. The van der Waals surface area contributed by atoms with Crippen LogP contribution in [0.2, 0.25) is 0 Å². The first-order chi connectivity index (χ1) is 9.87. The summed E-state index contributed by atoms with van der Waals surface area (Å²) in [6.07, 6.45) is 1.53. The molecule has 0 aliphatic heterocycles. The van der Waals surface area contributed by atoms with Crippen LogP contribution in [-0.2, 0) is 14.8 Å². The van der Waals surface area contributed by atoms with Crippen LogP contribution >= 0.6 is 0 Å². The summed E-state index contributed by atoms with van der Waals surface area (Å²) in [4.78, 5) is 15.0. The molecule has 0 spiro atoms. The molecule has 1 aromatic heterocycles. The summed E-state index contributed by atoms with van der Waals surface area (Å²) in [6.45, 7) is 3.16. The molecule has 0 saturated carbocycles. The second-order valence-corrected chi connectivity index (χ2v) is 6.18. The summed E-state index contributed by atoms with van der Waals surface area (Å²) < 4.78 is 26.9. The minimum atomic E-state index is -3.67. The van der Waals surface area contributed by atoms with Crippen LogP contribution in [0.4, 0.5) is 11.4 Å². The van der Waals surface area contributed by atoms with Crippen LogP contribution in [-0.4, -0.2) is 19.3 Å². The Morgan fingerprint density at radius 3 is 2.33 bits per heavy atom. The summed E-state index contributed by atoms with van der Waals surface area (Å²) in [5.41, 5.74) is 1.71. The highest BCUT2D eigenvalue weighted by Gasteiger charge is 2.14. The Bertz CT molecular complexity index is 755. The van der Waals surface area contributed by atoms with E-state index in [9.17, 15) is 13.2 Å². The van der Waals surface area contributed by atoms with Gasteiger partial charge in [-0.2, -0.15) is 0 Å². The van der Waals surface area contributed by atoms with Crippen molar-refractivity contribution in [2.75, 3.05) is 10.0 Å². The average Bonchev–Trinajstić information content (AvgIpc) is 2.38. The fourth-order valence-corrected chi connectivity index (χ4v) is 2.79. The van der Waals surface area contributed by atoms with Crippen molar-refractivity contribution in [1.29, 1.82) is 0 Å². The van der Waals surface area contributed by atoms with Crippen LogP contribution in [0.5, 0.6) is 0 Å². The number of sulfonamides is 1. The Kier molecular flexibility index (Phi) is 4.23. The van der Waals surface area contributed by atoms with Crippen LogP contribution in [0, 0.1) is 6.92 Å². The number of hydrogen-bond donors (Lipinski definition) is 2. The molecule has 0 aliphatic carbocycles. The number of rotatable bonds is 4. The van der Waals surface area contributed by atoms with Crippen molar-refractivity contribution in [1.82, 2.24) is 4.98 Å². The zero-order chi connectivity index (χ0) is 15.5. The number of pyridine rings is 1. The highest BCUT2D eigenvalue weighted by Crippen LogP contribution is 2.18. The van der Waals surface area contributed by atoms with Gasteiger partial charge in [-0.25, -0.2) is 8.42 Å². The lowest BCUT2D eigenvalue weighted by molar-refractivity contribution is -0.114. The van der Waals surface area contributed by atoms with Gasteiger partial charge < -0.3 is 5.32 Å². The Balaban J connectivity index is 2.21. The molecule has 0 radical (unpaired) electrons. The topological polar surface area (TPSA) is 88.2 Å². The lowest BCUT2D eigenvalue weighted by atomic mass is 10.3. The van der Waals surface area contributed by atoms with Crippen molar-refractivity contribution in [3.8, 4) is 0 Å². The van der Waals surface area contributed by atoms with Crippen molar-refractivity contribution in [3.05, 3.63) is 48.3 Å². The lowest BCUT2D eigenvalue weighted by Crippen LogP contribution is -2.13. The van der Waals surface area contributed by atoms with Crippen molar-refractivity contribution in [3.63, 3.8) is 0 Å². The maximum Gasteiger partial charge on any atom is 0.261 e. The standard InChI is InChI=1S/C14H15N3O3S/c1-10-9-13(7-8-15-10)17-21(19,20)14-5-3-12(4-6-14)16-11(2)18/h3-9H,1-2H3,(H,15,17)(H,16,18). The van der Waals surface area contributed by atoms with E-state index < -0.39 is 10.0 Å². The molecule has 0 saturated heterocycles. The first-order valence-electron chi connectivity index (χ1n) is 6.20. The number of aryl methyl sites for hydroxylation is 1. The van der Waals surface area contributed by atoms with E-state index in [4.69, 9.17) is 0 Å². The molecular weight excluding hydrogens is 290 g/mol. The highest BCUT2D eigenvalue weighted by molar-refractivity contribution is 7.92. The zero-order valence-electron chi connectivity index (χ0n) is 11.6. The van der Waals surface area contributed by atoms with Gasteiger partial charge in [0.05, 0.1) is 10.6 Å². The van der Waals surface area contributed by atoms with E-state index >= 15 is 0 Å². The van der Waals surface area contributed by atoms with Crippen LogP contribution in [0.25, 0.3) is 0 Å². The van der Waals surface area contributed by atoms with E-state index in [1.807, 2.05) is 0 Å². The summed E-state index contributed by atoms with van der Waals surface area (Å²) in [5.74, 6) is -0.212. The van der Waals surface area contributed by atoms with Gasteiger partial charge in [0, 0.05) is 24.5 Å². The van der Waals surface area contributed by atoms with Gasteiger partial charge in [0.25, 0.3) is 10.0 Å². The molecule has 2 rings (SSSR count). The molecule has 0 aliphatic rings. The third kappa shape index (κ3) is 4.03. The summed E-state index contributed by atoms with van der Waals surface area (Å²) in [6, 6.07) is 9.16. The van der Waals surface area contributed by atoms with Gasteiger partial charge in [0.2, 0.25) is 5.91 Å². The van der Waals surface area contributed by atoms with Gasteiger partial charge in [0.1, 0.15) is 0 Å². The third-order valence-electron chi connectivity index (χ3n) is 2.63. The lowest BCUT2D eigenvalue weighted by Gasteiger charge is -2.09. The summed E-state index contributed by atoms with van der Waals surface area (Å²) >= 11 is 0. The van der Waals surface area contributed by atoms with Crippen LogP contribution < -0.4 is 10.0 Å². The molecule has 110 valence electrons. The second-order valence-electron chi connectivity index (χ2n) is 4.50. The van der Waals surface area contributed by atoms with Gasteiger partial charge in [-0.1, -0.05) is 0 Å². The number of anilines is 2. The third-order valence-corrected chi connectivity index (χ3v) is 4.03. The molecule has 0 atom stereocenters. The minimum absolute atomic E-state index is 0.117. The molecule has 6 nitrogen and oxygen atoms in total. The second kappa shape index (κ2) is 5.92. The predicted molar refractivity (Wildman–Crippen MR) is 80.5 cm³/mol. The van der Waals surface area contributed by atoms with Crippen LogP contribution in [0.3, 0.4) is 0 Å². The number of nitrogens with one attached hydrogen (secondary N) is 2. The fourth-order valence-electron chi connectivity index (χ4n) is 1.74. The van der Waals surface area contributed by atoms with E-state index in [1.165, 1.54) is 37.4 Å². The largest absolute Gasteiger partial charge is 0.326 e. The van der Waals surface area contributed by atoms with E-state index in [2.05, 4.69) is 15.0 Å². The maximum atomic E-state index is 12.2. The molecule has 21 heavy (non-hydrogen) atoms. The monoisotopic (exact) mass is 305 g/mol. The number of hydrogen-bond acceptors (Lipinski definition) is 4. The van der Waals surface area contributed by atoms with E-state index in [-0.39, 0.29) is 10.8 Å². The number of nitrogens with zero attached hydrogens (tertiary/aromatic N) is 1. The summed E-state index contributed by atoms with van der Waals surface area (Å²) in [7, 11) is -3.67. The van der Waals surface area contributed by atoms with E-state index in [0.29, 0.717) is 11.4 Å². The number of aromatic nitrogens is 1. The molecule has 0 unspecified atom stereocenters. The van der Waals surface area contributed by atoms with Crippen molar-refractivity contribution < 1.29 is 13.2 Å². The average molecular weight is 305 g/mol. The number of benzene rings is 1. The Hall–Kier alpha value is -2.41. The normalized spacial score (nSPS) is 11.0. The quantitative estimate of drug-likeness (QED) is 0.906. The fraction of sp³-hybridized carbons (Fsp3) is 0.143. The predicted octanol–water partition coefficient (Wildman–Crippen LogP) is 2.15. The Morgan fingerprint density at radius 1 is 1.10 bits per heavy atom. The number of amides is 1. The number of carbonyl (C=O) groups is 1. The molecule has 0 bridgehead atoms. The van der Waals surface area contributed by atoms with Gasteiger partial charge >= 0.3 is 0 Å². The highest BCUT2D eigenvalue weighted by atomic mass is 32.2. The van der Waals surface area contributed by atoms with Gasteiger partial charge in [0.15, 0.2) is 0 Å². The molecule has 2 N–H and O–H groups in total. The molecule has 1 heterocycles. The Labute approximate surface area is 123 Å². The van der Waals surface area contributed by atoms with Crippen molar-refractivity contribution in [2.24, 2.45) is 0 Å². The van der Waals surface area contributed by atoms with Gasteiger partial charge in [-0.05, 0) is 43.3 Å². The van der Waals surface area contributed by atoms with Crippen molar-refractivity contribution in [2.45, 2.75) is 18.7 Å². The summed E-state index contributed by atoms with van der Waals surface area (Å²) in [5, 5.41) is 2.58. The molecule has 2 aromatic rings. The smallest absolute Gasteiger partial charge is 0.261 e. The van der Waals surface area contributed by atoms with E-state index in [0.717, 1.165) is 5.69 Å². The minimum Gasteiger partial charge on any atom is -0.326 e. The molecule has 1 amide bonds. The zero-order valence-corrected chi connectivity index (χ0v) is 12.4. The first kappa shape index (κ1) is 15.0. The SMILES string of the molecule is CC(=O)Nc1ccc(S(=O)(=O)Nc2ccnc(C)c2)cc1. The van der Waals surface area contributed by atoms with Crippen LogP contribution in [0.15, 0.2) is 47.5 Å². The van der Waals surface area contributed by atoms with Crippen molar-refractivity contribution >= 4 is 27.3 Å². The Morgan fingerprint density at radius 2 is 1.76 bits per heavy atom. The van der Waals surface area contributed by atoms with Gasteiger partial charge in [-0.15, -0.1) is 0 Å².